The minimum atomic E-state index is -3.57. The van der Waals surface area contributed by atoms with Crippen LogP contribution in [0.15, 0.2) is 60.7 Å². The minimum absolute atomic E-state index is 0.0757. The average Bonchev–Trinajstić information content (AvgIpc) is 2.91. The number of hydrogen-bond acceptors (Lipinski definition) is 6. The lowest BCUT2D eigenvalue weighted by Gasteiger charge is -2.28. The van der Waals surface area contributed by atoms with Gasteiger partial charge in [0.1, 0.15) is 29.0 Å². The molecule has 11 heteroatoms. The molecule has 0 aromatic heterocycles. The number of amides is 1. The Labute approximate surface area is 223 Å². The summed E-state index contributed by atoms with van der Waals surface area (Å²) in [6.07, 6.45) is 0.248. The van der Waals surface area contributed by atoms with E-state index in [9.17, 15) is 23.5 Å². The first-order valence-corrected chi connectivity index (χ1v) is 12.1. The molecule has 1 amide bonds. The van der Waals surface area contributed by atoms with Gasteiger partial charge in [-0.05, 0) is 42.8 Å². The molecule has 0 unspecified atom stereocenters. The zero-order chi connectivity index (χ0) is 28.2. The molecule has 1 heterocycles. The van der Waals surface area contributed by atoms with E-state index in [0.29, 0.717) is 47.5 Å². The number of hydrogen-bond donors (Lipinski definition) is 4. The first kappa shape index (κ1) is 27.7. The molecule has 5 N–H and O–H groups in total. The van der Waals surface area contributed by atoms with Gasteiger partial charge in [-0.25, -0.2) is 4.79 Å². The maximum atomic E-state index is 13.6. The molecule has 0 fully saturated rings. The largest absolute Gasteiger partial charge is 0.484 e. The number of carbonyl (C=O) groups excluding carboxylic acids is 1. The zero-order valence-electron chi connectivity index (χ0n) is 21.2. The van der Waals surface area contributed by atoms with Gasteiger partial charge in [0.15, 0.2) is 6.79 Å². The number of carboxylic acid groups (broad SMARTS) is 1. The van der Waals surface area contributed by atoms with Gasteiger partial charge in [-0.2, -0.15) is 8.78 Å². The summed E-state index contributed by atoms with van der Waals surface area (Å²) in [5.74, 6) is -5.14. The third kappa shape index (κ3) is 6.75. The Hall–Kier alpha value is -4.35. The summed E-state index contributed by atoms with van der Waals surface area (Å²) in [4.78, 5) is 23.4. The molecule has 0 aliphatic carbocycles. The lowest BCUT2D eigenvalue weighted by Crippen LogP contribution is -2.71. The van der Waals surface area contributed by atoms with E-state index in [4.69, 9.17) is 19.6 Å². The maximum absolute atomic E-state index is 13.6. The van der Waals surface area contributed by atoms with Crippen LogP contribution in [-0.4, -0.2) is 42.0 Å². The van der Waals surface area contributed by atoms with E-state index in [1.807, 2.05) is 0 Å². The molecular formula is C28H28F2N3O6+. The Kier molecular flexibility index (Phi) is 8.22. The van der Waals surface area contributed by atoms with Crippen molar-refractivity contribution in [3.05, 3.63) is 82.9 Å². The summed E-state index contributed by atoms with van der Waals surface area (Å²) in [7, 11) is 0. The van der Waals surface area contributed by atoms with Crippen molar-refractivity contribution in [3.63, 3.8) is 0 Å². The Balaban J connectivity index is 1.63. The Morgan fingerprint density at radius 3 is 2.69 bits per heavy atom. The summed E-state index contributed by atoms with van der Waals surface area (Å²) in [5, 5.41) is 21.2. The molecule has 2 atom stereocenters. The molecule has 0 spiro atoms. The van der Waals surface area contributed by atoms with E-state index in [1.165, 1.54) is 12.1 Å². The molecule has 204 valence electrons. The molecule has 1 aliphatic heterocycles. The van der Waals surface area contributed by atoms with Crippen molar-refractivity contribution in [2.75, 3.05) is 6.79 Å². The molecule has 9 nitrogen and oxygen atoms in total. The lowest BCUT2D eigenvalue weighted by atomic mass is 10.00. The average molecular weight is 541 g/mol. The Morgan fingerprint density at radius 1 is 1.18 bits per heavy atom. The van der Waals surface area contributed by atoms with Crippen LogP contribution in [0.25, 0.3) is 0 Å². The van der Waals surface area contributed by atoms with E-state index in [1.54, 1.807) is 60.8 Å². The highest BCUT2D eigenvalue weighted by molar-refractivity contribution is 5.88. The van der Waals surface area contributed by atoms with Crippen LogP contribution in [-0.2, 0) is 16.1 Å². The van der Waals surface area contributed by atoms with Gasteiger partial charge >= 0.3 is 11.9 Å². The highest BCUT2D eigenvalue weighted by Gasteiger charge is 2.35. The van der Waals surface area contributed by atoms with E-state index in [2.05, 4.69) is 5.32 Å². The number of carboxylic acids is 1. The summed E-state index contributed by atoms with van der Waals surface area (Å²) >= 11 is 0. The number of ether oxygens (including phenoxy) is 3. The van der Waals surface area contributed by atoms with Crippen LogP contribution < -0.4 is 20.1 Å². The molecule has 0 radical (unpaired) electrons. The van der Waals surface area contributed by atoms with Crippen LogP contribution in [0.1, 0.15) is 47.0 Å². The highest BCUT2D eigenvalue weighted by Crippen LogP contribution is 2.32. The number of nitrogens with two attached hydrogens (primary N) is 1. The number of nitrogens with one attached hydrogen (secondary N) is 2. The quantitative estimate of drug-likeness (QED) is 0.226. The van der Waals surface area contributed by atoms with Crippen LogP contribution in [0, 0.1) is 5.41 Å². The normalized spacial score (nSPS) is 14.4. The molecule has 3 aromatic rings. The number of halogens is 2. The van der Waals surface area contributed by atoms with Crippen LogP contribution >= 0.6 is 0 Å². The first-order chi connectivity index (χ1) is 18.5. The fourth-order valence-electron chi connectivity index (χ4n) is 4.10. The predicted molar refractivity (Wildman–Crippen MR) is 137 cm³/mol. The molecular weight excluding hydrogens is 512 g/mol. The van der Waals surface area contributed by atoms with Gasteiger partial charge in [0.25, 0.3) is 5.91 Å². The minimum Gasteiger partial charge on any atom is -0.484 e. The third-order valence-electron chi connectivity index (χ3n) is 6.12. The third-order valence-corrected chi connectivity index (χ3v) is 6.12. The van der Waals surface area contributed by atoms with E-state index in [-0.39, 0.29) is 12.4 Å². The molecule has 0 bridgehead atoms. The van der Waals surface area contributed by atoms with E-state index < -0.39 is 29.9 Å². The second-order valence-corrected chi connectivity index (χ2v) is 9.18. The smallest absolute Gasteiger partial charge is 0.335 e. The van der Waals surface area contributed by atoms with Crippen molar-refractivity contribution in [1.29, 1.82) is 5.41 Å². The number of carbonyl (C=O) groups is 2. The van der Waals surface area contributed by atoms with Gasteiger partial charge in [-0.15, -0.1) is 0 Å². The summed E-state index contributed by atoms with van der Waals surface area (Å²) < 4.78 is 44.3. The monoisotopic (exact) mass is 540 g/mol. The topological polar surface area (TPSA) is 135 Å². The van der Waals surface area contributed by atoms with Crippen molar-refractivity contribution in [2.24, 2.45) is 0 Å². The van der Waals surface area contributed by atoms with Crippen LogP contribution in [0.5, 0.6) is 11.5 Å². The second kappa shape index (κ2) is 11.6. The number of aromatic carboxylic acids is 1. The van der Waals surface area contributed by atoms with Gasteiger partial charge in [0, 0.05) is 30.8 Å². The maximum Gasteiger partial charge on any atom is 0.335 e. The zero-order valence-corrected chi connectivity index (χ0v) is 21.2. The lowest BCUT2D eigenvalue weighted by molar-refractivity contribution is -0.478. The predicted octanol–water partition coefficient (Wildman–Crippen LogP) is 4.06. The number of alkyl halides is 2. The fraction of sp³-hybridized carbons (Fsp3) is 0.250. The summed E-state index contributed by atoms with van der Waals surface area (Å²) in [6, 6.07) is 15.8. The van der Waals surface area contributed by atoms with Gasteiger partial charge < -0.3 is 30.0 Å². The van der Waals surface area contributed by atoms with Crippen molar-refractivity contribution < 1.29 is 43.0 Å². The molecule has 3 aromatic carbocycles. The molecule has 39 heavy (non-hydrogen) atoms. The molecule has 0 saturated carbocycles. The van der Waals surface area contributed by atoms with Crippen molar-refractivity contribution in [3.8, 4) is 11.5 Å². The number of benzene rings is 3. The van der Waals surface area contributed by atoms with Crippen LogP contribution in [0.2, 0.25) is 0 Å². The molecule has 0 saturated heterocycles. The van der Waals surface area contributed by atoms with Crippen molar-refractivity contribution in [2.45, 2.75) is 38.5 Å². The fourth-order valence-corrected chi connectivity index (χ4v) is 4.10. The van der Waals surface area contributed by atoms with Crippen LogP contribution in [0.3, 0.4) is 0 Å². The Morgan fingerprint density at radius 2 is 1.97 bits per heavy atom. The number of rotatable bonds is 10. The number of quaternary nitrogens is 1. The number of fused-ring (bicyclic) bond motifs is 1. The van der Waals surface area contributed by atoms with E-state index in [0.717, 1.165) is 11.8 Å². The summed E-state index contributed by atoms with van der Waals surface area (Å²) in [5.41, 5.74) is 3.30. The SMILES string of the molecule is C[C@H](NC(=O)C(C)(F)F)[C@H](Oc1ccc([NH2+]c2cccc(C(=O)O)c2)c(C=N)c1)c1ccc2c(c1)OCOC2. The van der Waals surface area contributed by atoms with Crippen LogP contribution in [0.4, 0.5) is 20.2 Å². The van der Waals surface area contributed by atoms with Gasteiger partial charge in [0.05, 0.1) is 23.8 Å². The van der Waals surface area contributed by atoms with Gasteiger partial charge in [-0.3, -0.25) is 10.1 Å². The van der Waals surface area contributed by atoms with Crippen molar-refractivity contribution >= 4 is 29.5 Å². The molecule has 4 rings (SSSR count). The van der Waals surface area contributed by atoms with Gasteiger partial charge in [-0.1, -0.05) is 18.2 Å². The van der Waals surface area contributed by atoms with Crippen molar-refractivity contribution in [1.82, 2.24) is 5.32 Å². The standard InChI is InChI=1S/C28H27F2N3O6/c1-16(32-27(36)28(2,29)30)25(17-6-7-19-14-37-15-38-24(19)12-17)39-22-8-9-23(20(11-22)13-31)33-21-5-3-4-18(10-21)26(34)35/h3-13,16,25,31,33H,14-15H2,1-2H3,(H,32,36)(H,34,35)/p+1/t16-,25-/m0/s1. The second-order valence-electron chi connectivity index (χ2n) is 9.18. The first-order valence-electron chi connectivity index (χ1n) is 12.1. The highest BCUT2D eigenvalue weighted by atomic mass is 19.3. The van der Waals surface area contributed by atoms with Gasteiger partial charge in [0.2, 0.25) is 0 Å². The molecule has 1 aliphatic rings. The Bertz CT molecular complexity index is 1390. The van der Waals surface area contributed by atoms with E-state index >= 15 is 0 Å². The summed E-state index contributed by atoms with van der Waals surface area (Å²) in [6.45, 7) is 2.53.